The van der Waals surface area contributed by atoms with Gasteiger partial charge in [0, 0.05) is 17.9 Å². The molecule has 0 aliphatic rings. The van der Waals surface area contributed by atoms with E-state index in [1.165, 1.54) is 0 Å². The van der Waals surface area contributed by atoms with Crippen LogP contribution in [0, 0.1) is 0 Å². The van der Waals surface area contributed by atoms with Crippen LogP contribution in [0.2, 0.25) is 0 Å². The van der Waals surface area contributed by atoms with Crippen molar-refractivity contribution in [3.05, 3.63) is 24.0 Å². The van der Waals surface area contributed by atoms with Crippen molar-refractivity contribution < 1.29 is 10.2 Å². The van der Waals surface area contributed by atoms with Crippen LogP contribution in [-0.2, 0) is 13.0 Å². The average molecular weight is 328 g/mol. The zero-order chi connectivity index (χ0) is 17.5. The number of hydrogen-bond donors (Lipinski definition) is 3. The second kappa shape index (κ2) is 5.94. The fourth-order valence-electron chi connectivity index (χ4n) is 3.03. The molecule has 1 aromatic carbocycles. The van der Waals surface area contributed by atoms with Gasteiger partial charge in [0.05, 0.1) is 23.2 Å². The van der Waals surface area contributed by atoms with Crippen LogP contribution in [-0.4, -0.2) is 30.3 Å². The number of pyridine rings is 1. The topological polar surface area (TPSA) is 97.2 Å². The summed E-state index contributed by atoms with van der Waals surface area (Å²) in [6.07, 6.45) is 2.90. The largest absolute Gasteiger partial charge is 0.508 e. The molecule has 4 N–H and O–H groups in total. The van der Waals surface area contributed by atoms with Gasteiger partial charge in [-0.15, -0.1) is 0 Å². The van der Waals surface area contributed by atoms with Crippen LogP contribution >= 0.6 is 0 Å². The maximum atomic E-state index is 10.3. The molecule has 0 aliphatic heterocycles. The smallest absolute Gasteiger partial charge is 0.152 e. The first kappa shape index (κ1) is 16.5. The zero-order valence-corrected chi connectivity index (χ0v) is 14.4. The maximum Gasteiger partial charge on any atom is 0.152 e. The molecule has 0 bridgehead atoms. The molecule has 0 unspecified atom stereocenters. The number of hydrogen-bond acceptors (Lipinski definition) is 5. The number of rotatable bonds is 5. The Balaban J connectivity index is 2.34. The zero-order valence-electron chi connectivity index (χ0n) is 14.4. The van der Waals surface area contributed by atoms with Crippen LogP contribution in [0.1, 0.15) is 39.4 Å². The number of nitrogens with two attached hydrogens (primary N) is 1. The number of phenols is 1. The molecule has 0 fully saturated rings. The van der Waals surface area contributed by atoms with Crippen LogP contribution < -0.4 is 5.73 Å². The Kier molecular flexibility index (Phi) is 4.09. The van der Waals surface area contributed by atoms with Gasteiger partial charge in [-0.3, -0.25) is 0 Å². The number of phenolic OH excluding ortho intramolecular Hbond substituents is 1. The van der Waals surface area contributed by atoms with Gasteiger partial charge >= 0.3 is 0 Å². The van der Waals surface area contributed by atoms with E-state index < -0.39 is 5.60 Å². The van der Waals surface area contributed by atoms with Crippen molar-refractivity contribution in [2.75, 3.05) is 5.73 Å². The van der Waals surface area contributed by atoms with Gasteiger partial charge in [0.15, 0.2) is 5.82 Å². The molecule has 3 rings (SSSR count). The number of aromatic hydroxyl groups is 1. The first-order valence-corrected chi connectivity index (χ1v) is 8.30. The van der Waals surface area contributed by atoms with Crippen molar-refractivity contribution in [1.82, 2.24) is 14.5 Å². The first-order chi connectivity index (χ1) is 11.3. The minimum Gasteiger partial charge on any atom is -0.508 e. The summed E-state index contributed by atoms with van der Waals surface area (Å²) in [6.45, 7) is 6.11. The van der Waals surface area contributed by atoms with Crippen LogP contribution in [0.4, 0.5) is 5.82 Å². The normalized spacial score (nSPS) is 12.3. The minimum atomic E-state index is -0.879. The van der Waals surface area contributed by atoms with E-state index in [0.717, 1.165) is 36.0 Å². The first-order valence-electron chi connectivity index (χ1n) is 8.30. The molecule has 6 nitrogen and oxygen atoms in total. The number of nitrogens with zero attached hydrogens (tertiary/aromatic N) is 3. The lowest BCUT2D eigenvalue weighted by Crippen LogP contribution is -2.27. The maximum absolute atomic E-state index is 10.3. The average Bonchev–Trinajstić information content (AvgIpc) is 2.82. The van der Waals surface area contributed by atoms with Crippen LogP contribution in [0.15, 0.2) is 18.2 Å². The Labute approximate surface area is 141 Å². The Morgan fingerprint density at radius 1 is 1.25 bits per heavy atom. The Bertz CT molecular complexity index is 894. The second-order valence-corrected chi connectivity index (χ2v) is 6.93. The summed E-state index contributed by atoms with van der Waals surface area (Å²) in [7, 11) is 0. The molecule has 2 aromatic heterocycles. The van der Waals surface area contributed by atoms with E-state index in [-0.39, 0.29) is 5.75 Å². The molecular formula is C18H24N4O2. The fraction of sp³-hybridized carbons (Fsp3) is 0.444. The van der Waals surface area contributed by atoms with Crippen molar-refractivity contribution >= 4 is 27.8 Å². The lowest BCUT2D eigenvalue weighted by Gasteiger charge is -2.20. The van der Waals surface area contributed by atoms with E-state index in [1.54, 1.807) is 26.0 Å². The fourth-order valence-corrected chi connectivity index (χ4v) is 3.03. The lowest BCUT2D eigenvalue weighted by molar-refractivity contribution is 0.0618. The highest BCUT2D eigenvalue weighted by atomic mass is 16.3. The molecule has 0 spiro atoms. The third-order valence-corrected chi connectivity index (χ3v) is 4.07. The van der Waals surface area contributed by atoms with E-state index in [2.05, 4.69) is 11.9 Å². The number of fused-ring (bicyclic) bond motifs is 3. The number of aryl methyl sites for hydroxylation is 1. The summed E-state index contributed by atoms with van der Waals surface area (Å²) >= 11 is 0. The lowest BCUT2D eigenvalue weighted by atomic mass is 10.1. The molecule has 24 heavy (non-hydrogen) atoms. The number of aromatic nitrogens is 3. The van der Waals surface area contributed by atoms with Gasteiger partial charge < -0.3 is 20.5 Å². The highest BCUT2D eigenvalue weighted by molar-refractivity contribution is 6.06. The van der Waals surface area contributed by atoms with Crippen molar-refractivity contribution in [2.45, 2.75) is 52.2 Å². The Morgan fingerprint density at radius 3 is 2.67 bits per heavy atom. The standard InChI is InChI=1S/C18H24N4O2/c1-4-5-6-14-21-15-16(22(14)10-18(2,3)24)12-8-7-11(23)9-13(12)20-17(15)19/h7-9,23-24H,4-6,10H2,1-3H3,(H2,19,20). The van der Waals surface area contributed by atoms with Crippen molar-refractivity contribution in [1.29, 1.82) is 0 Å². The third kappa shape index (κ3) is 3.01. The number of nitrogen functional groups attached to an aromatic ring is 1. The van der Waals surface area contributed by atoms with Crippen molar-refractivity contribution in [3.63, 3.8) is 0 Å². The summed E-state index contributed by atoms with van der Waals surface area (Å²) in [5, 5.41) is 20.9. The molecule has 0 saturated heterocycles. The molecule has 0 amide bonds. The minimum absolute atomic E-state index is 0.147. The molecule has 128 valence electrons. The van der Waals surface area contributed by atoms with E-state index in [0.29, 0.717) is 23.4 Å². The summed E-state index contributed by atoms with van der Waals surface area (Å²) in [5.74, 6) is 1.40. The number of aliphatic hydroxyl groups is 1. The van der Waals surface area contributed by atoms with Gasteiger partial charge in [-0.25, -0.2) is 9.97 Å². The Hall–Kier alpha value is -2.34. The van der Waals surface area contributed by atoms with E-state index in [4.69, 9.17) is 10.7 Å². The summed E-state index contributed by atoms with van der Waals surface area (Å²) in [6, 6.07) is 5.05. The predicted octanol–water partition coefficient (Wildman–Crippen LogP) is 2.99. The molecule has 2 heterocycles. The third-order valence-electron chi connectivity index (χ3n) is 4.07. The molecule has 3 aromatic rings. The molecule has 0 radical (unpaired) electrons. The summed E-state index contributed by atoms with van der Waals surface area (Å²) in [5.41, 5.74) is 7.38. The number of imidazole rings is 1. The quantitative estimate of drug-likeness (QED) is 0.669. The molecular weight excluding hydrogens is 304 g/mol. The molecule has 6 heteroatoms. The monoisotopic (exact) mass is 328 g/mol. The molecule has 0 aliphatic carbocycles. The number of anilines is 1. The summed E-state index contributed by atoms with van der Waals surface area (Å²) in [4.78, 5) is 9.08. The van der Waals surface area contributed by atoms with Crippen molar-refractivity contribution in [2.24, 2.45) is 0 Å². The van der Waals surface area contributed by atoms with E-state index in [9.17, 15) is 10.2 Å². The molecule has 0 saturated carbocycles. The van der Waals surface area contributed by atoms with Gasteiger partial charge in [-0.1, -0.05) is 13.3 Å². The number of unbranched alkanes of at least 4 members (excludes halogenated alkanes) is 1. The van der Waals surface area contributed by atoms with E-state index >= 15 is 0 Å². The van der Waals surface area contributed by atoms with Crippen LogP contribution in [0.25, 0.3) is 21.9 Å². The van der Waals surface area contributed by atoms with Crippen molar-refractivity contribution in [3.8, 4) is 5.75 Å². The predicted molar refractivity (Wildman–Crippen MR) is 96.0 cm³/mol. The van der Waals surface area contributed by atoms with E-state index in [1.807, 2.05) is 10.6 Å². The number of benzene rings is 1. The second-order valence-electron chi connectivity index (χ2n) is 6.93. The van der Waals surface area contributed by atoms with Crippen LogP contribution in [0.3, 0.4) is 0 Å². The van der Waals surface area contributed by atoms with Gasteiger partial charge in [0.1, 0.15) is 17.1 Å². The summed E-state index contributed by atoms with van der Waals surface area (Å²) < 4.78 is 2.04. The Morgan fingerprint density at radius 2 is 2.00 bits per heavy atom. The van der Waals surface area contributed by atoms with Gasteiger partial charge in [0.25, 0.3) is 0 Å². The highest BCUT2D eigenvalue weighted by Crippen LogP contribution is 2.31. The van der Waals surface area contributed by atoms with Gasteiger partial charge in [0.2, 0.25) is 0 Å². The van der Waals surface area contributed by atoms with Gasteiger partial charge in [-0.2, -0.15) is 0 Å². The highest BCUT2D eigenvalue weighted by Gasteiger charge is 2.22. The molecule has 0 atom stereocenters. The SMILES string of the molecule is CCCCc1nc2c(N)nc3cc(O)ccc3c2n1CC(C)(C)O. The van der Waals surface area contributed by atoms with Crippen LogP contribution in [0.5, 0.6) is 5.75 Å². The van der Waals surface area contributed by atoms with Gasteiger partial charge in [-0.05, 0) is 32.4 Å².